The molecule has 0 saturated carbocycles. The lowest BCUT2D eigenvalue weighted by Gasteiger charge is -2.50. The van der Waals surface area contributed by atoms with Crippen LogP contribution >= 0.6 is 0 Å². The highest BCUT2D eigenvalue weighted by Crippen LogP contribution is 2.39. The maximum absolute atomic E-state index is 4.28. The van der Waals surface area contributed by atoms with E-state index in [-0.39, 0.29) is 0 Å². The first-order chi connectivity index (χ1) is 10.2. The maximum atomic E-state index is 4.28. The van der Waals surface area contributed by atoms with E-state index in [0.29, 0.717) is 12.1 Å². The molecule has 1 aromatic heterocycles. The van der Waals surface area contributed by atoms with Gasteiger partial charge in [0.25, 0.3) is 0 Å². The molecule has 21 heavy (non-hydrogen) atoms. The van der Waals surface area contributed by atoms with Crippen LogP contribution in [0.1, 0.15) is 23.6 Å². The first-order valence-electron chi connectivity index (χ1n) is 7.58. The zero-order valence-corrected chi connectivity index (χ0v) is 12.8. The molecule has 1 saturated heterocycles. The van der Waals surface area contributed by atoms with E-state index in [0.717, 1.165) is 13.1 Å². The minimum atomic E-state index is 0.504. The van der Waals surface area contributed by atoms with Crippen LogP contribution in [0.15, 0.2) is 54.9 Å². The van der Waals surface area contributed by atoms with Gasteiger partial charge in [0.1, 0.15) is 0 Å². The summed E-state index contributed by atoms with van der Waals surface area (Å²) >= 11 is 0. The summed E-state index contributed by atoms with van der Waals surface area (Å²) < 4.78 is 0. The minimum Gasteiger partial charge on any atom is -0.308 e. The van der Waals surface area contributed by atoms with Crippen molar-refractivity contribution >= 4 is 0 Å². The van der Waals surface area contributed by atoms with Gasteiger partial charge in [-0.25, -0.2) is 0 Å². The predicted molar refractivity (Wildman–Crippen MR) is 85.9 cm³/mol. The second-order valence-corrected chi connectivity index (χ2v) is 6.11. The highest BCUT2D eigenvalue weighted by molar-refractivity contribution is 5.21. The second kappa shape index (κ2) is 6.37. The van der Waals surface area contributed by atoms with Crippen molar-refractivity contribution in [3.8, 4) is 0 Å². The summed E-state index contributed by atoms with van der Waals surface area (Å²) in [5.41, 5.74) is 2.72. The number of likely N-dealkylation sites (N-methyl/N-ethyl adjacent to an activating group) is 1. The van der Waals surface area contributed by atoms with Gasteiger partial charge in [0, 0.05) is 37.6 Å². The van der Waals surface area contributed by atoms with Crippen molar-refractivity contribution in [2.45, 2.75) is 25.0 Å². The van der Waals surface area contributed by atoms with Crippen LogP contribution in [-0.4, -0.2) is 41.5 Å². The molecule has 1 aliphatic rings. The van der Waals surface area contributed by atoms with E-state index in [1.165, 1.54) is 17.5 Å². The summed E-state index contributed by atoms with van der Waals surface area (Å²) in [5.74, 6) is 0. The first kappa shape index (κ1) is 14.2. The third-order valence-electron chi connectivity index (χ3n) is 4.22. The summed E-state index contributed by atoms with van der Waals surface area (Å²) in [6.45, 7) is 2.13. The standard InChI is InChI=1S/C18H23N3/c1-20(2)14-17-11-18(16-9-6-10-19-12-16)21(17)13-15-7-4-3-5-8-15/h3-10,12,17-18H,11,13-14H2,1-2H3. The lowest BCUT2D eigenvalue weighted by molar-refractivity contribution is -0.00808. The molecule has 1 fully saturated rings. The molecule has 2 aromatic rings. The Labute approximate surface area is 127 Å². The zero-order chi connectivity index (χ0) is 14.7. The maximum Gasteiger partial charge on any atom is 0.0385 e. The Morgan fingerprint density at radius 1 is 1.14 bits per heavy atom. The van der Waals surface area contributed by atoms with Crippen molar-refractivity contribution in [3.05, 3.63) is 66.0 Å². The fourth-order valence-electron chi connectivity index (χ4n) is 3.18. The van der Waals surface area contributed by atoms with Crippen LogP contribution < -0.4 is 0 Å². The van der Waals surface area contributed by atoms with Crippen molar-refractivity contribution < 1.29 is 0 Å². The number of likely N-dealkylation sites (tertiary alicyclic amines) is 1. The molecule has 2 heterocycles. The van der Waals surface area contributed by atoms with Gasteiger partial charge in [0.05, 0.1) is 0 Å². The predicted octanol–water partition coefficient (Wildman–Crippen LogP) is 2.96. The van der Waals surface area contributed by atoms with Crippen LogP contribution in [0.4, 0.5) is 0 Å². The Morgan fingerprint density at radius 2 is 1.95 bits per heavy atom. The Kier molecular flexibility index (Phi) is 4.32. The minimum absolute atomic E-state index is 0.504. The molecule has 3 rings (SSSR count). The second-order valence-electron chi connectivity index (χ2n) is 6.11. The summed E-state index contributed by atoms with van der Waals surface area (Å²) in [6, 6.07) is 16.1. The van der Waals surface area contributed by atoms with Crippen LogP contribution in [0.3, 0.4) is 0 Å². The molecular formula is C18H23N3. The monoisotopic (exact) mass is 281 g/mol. The Bertz CT molecular complexity index is 553. The number of aromatic nitrogens is 1. The molecule has 1 aliphatic heterocycles. The van der Waals surface area contributed by atoms with Crippen LogP contribution in [0.25, 0.3) is 0 Å². The highest BCUT2D eigenvalue weighted by Gasteiger charge is 2.39. The molecule has 0 radical (unpaired) electrons. The topological polar surface area (TPSA) is 19.4 Å². The molecule has 3 nitrogen and oxygen atoms in total. The van der Waals surface area contributed by atoms with E-state index in [4.69, 9.17) is 0 Å². The molecular weight excluding hydrogens is 258 g/mol. The Hall–Kier alpha value is -1.71. The van der Waals surface area contributed by atoms with E-state index in [1.54, 1.807) is 0 Å². The first-order valence-corrected chi connectivity index (χ1v) is 7.58. The molecule has 2 unspecified atom stereocenters. The van der Waals surface area contributed by atoms with Crippen molar-refractivity contribution in [2.75, 3.05) is 20.6 Å². The lowest BCUT2D eigenvalue weighted by atomic mass is 9.87. The number of pyridine rings is 1. The SMILES string of the molecule is CN(C)CC1CC(c2cccnc2)N1Cc1ccccc1. The van der Waals surface area contributed by atoms with E-state index in [2.05, 4.69) is 65.3 Å². The van der Waals surface area contributed by atoms with E-state index >= 15 is 0 Å². The average molecular weight is 281 g/mol. The van der Waals surface area contributed by atoms with Crippen molar-refractivity contribution in [3.63, 3.8) is 0 Å². The van der Waals surface area contributed by atoms with Crippen LogP contribution in [0.2, 0.25) is 0 Å². The van der Waals surface area contributed by atoms with Crippen molar-refractivity contribution in [1.82, 2.24) is 14.8 Å². The van der Waals surface area contributed by atoms with Gasteiger partial charge in [-0.05, 0) is 37.7 Å². The fourth-order valence-corrected chi connectivity index (χ4v) is 3.18. The molecule has 0 spiro atoms. The number of hydrogen-bond acceptors (Lipinski definition) is 3. The summed E-state index contributed by atoms with van der Waals surface area (Å²) in [7, 11) is 4.30. The van der Waals surface area contributed by atoms with Crippen molar-refractivity contribution in [1.29, 1.82) is 0 Å². The van der Waals surface area contributed by atoms with E-state index in [9.17, 15) is 0 Å². The fraction of sp³-hybridized carbons (Fsp3) is 0.389. The van der Waals surface area contributed by atoms with E-state index in [1.807, 2.05) is 18.5 Å². The number of hydrogen-bond donors (Lipinski definition) is 0. The molecule has 0 aliphatic carbocycles. The smallest absolute Gasteiger partial charge is 0.0385 e. The summed E-state index contributed by atoms with van der Waals surface area (Å²) in [6.07, 6.45) is 5.08. The summed E-state index contributed by atoms with van der Waals surface area (Å²) in [4.78, 5) is 9.16. The third-order valence-corrected chi connectivity index (χ3v) is 4.22. The molecule has 0 amide bonds. The largest absolute Gasteiger partial charge is 0.308 e. The van der Waals surface area contributed by atoms with Gasteiger partial charge in [-0.1, -0.05) is 36.4 Å². The van der Waals surface area contributed by atoms with Crippen LogP contribution in [0, 0.1) is 0 Å². The molecule has 2 atom stereocenters. The van der Waals surface area contributed by atoms with Gasteiger partial charge < -0.3 is 4.90 Å². The van der Waals surface area contributed by atoms with Gasteiger partial charge in [-0.3, -0.25) is 9.88 Å². The number of rotatable bonds is 5. The number of nitrogens with zero attached hydrogens (tertiary/aromatic N) is 3. The molecule has 1 aromatic carbocycles. The lowest BCUT2D eigenvalue weighted by Crippen LogP contribution is -2.53. The number of benzene rings is 1. The van der Waals surface area contributed by atoms with E-state index < -0.39 is 0 Å². The normalized spacial score (nSPS) is 22.2. The van der Waals surface area contributed by atoms with Gasteiger partial charge in [0.2, 0.25) is 0 Å². The third kappa shape index (κ3) is 3.31. The Morgan fingerprint density at radius 3 is 2.62 bits per heavy atom. The van der Waals surface area contributed by atoms with Gasteiger partial charge in [0.15, 0.2) is 0 Å². The molecule has 0 N–H and O–H groups in total. The Balaban J connectivity index is 1.76. The molecule has 3 heteroatoms. The van der Waals surface area contributed by atoms with Gasteiger partial charge >= 0.3 is 0 Å². The van der Waals surface area contributed by atoms with Crippen LogP contribution in [-0.2, 0) is 6.54 Å². The average Bonchev–Trinajstić information content (AvgIpc) is 2.50. The molecule has 0 bridgehead atoms. The highest BCUT2D eigenvalue weighted by atomic mass is 15.3. The molecule has 110 valence electrons. The van der Waals surface area contributed by atoms with Gasteiger partial charge in [-0.2, -0.15) is 0 Å². The van der Waals surface area contributed by atoms with Crippen LogP contribution in [0.5, 0.6) is 0 Å². The summed E-state index contributed by atoms with van der Waals surface area (Å²) in [5, 5.41) is 0. The van der Waals surface area contributed by atoms with Crippen molar-refractivity contribution in [2.24, 2.45) is 0 Å². The zero-order valence-electron chi connectivity index (χ0n) is 12.8. The van der Waals surface area contributed by atoms with Gasteiger partial charge in [-0.15, -0.1) is 0 Å². The quantitative estimate of drug-likeness (QED) is 0.840.